The number of carbonyl (C=O) groups is 3. The number of carbonyl (C=O) groups excluding carboxylic acids is 2. The molecule has 108 valence electrons. The van der Waals surface area contributed by atoms with Crippen LogP contribution in [0.4, 0.5) is 0 Å². The molecule has 7 heteroatoms. The van der Waals surface area contributed by atoms with Gasteiger partial charge in [-0.3, -0.25) is 9.59 Å². The Morgan fingerprint density at radius 2 is 1.95 bits per heavy atom. The maximum atomic E-state index is 12.3. The molecule has 0 saturated heterocycles. The Bertz CT molecular complexity index is 555. The third-order valence-electron chi connectivity index (χ3n) is 2.75. The number of rotatable bonds is 5. The third kappa shape index (κ3) is 3.53. The molecule has 0 spiro atoms. The molecule has 0 aliphatic rings. The van der Waals surface area contributed by atoms with Crippen molar-refractivity contribution >= 4 is 17.8 Å². The number of aryl methyl sites for hydroxylation is 1. The summed E-state index contributed by atoms with van der Waals surface area (Å²) in [6.45, 7) is 4.80. The van der Waals surface area contributed by atoms with Crippen LogP contribution in [0.3, 0.4) is 0 Å². The number of nitrogens with zero attached hydrogens (tertiary/aromatic N) is 2. The zero-order valence-electron chi connectivity index (χ0n) is 11.6. The summed E-state index contributed by atoms with van der Waals surface area (Å²) in [5, 5.41) is 8.91. The molecule has 1 aromatic rings. The molecule has 0 radical (unpaired) electrons. The molecule has 0 aliphatic carbocycles. The normalized spacial score (nSPS) is 10.4. The lowest BCUT2D eigenvalue weighted by atomic mass is 10.1. The van der Waals surface area contributed by atoms with Crippen molar-refractivity contribution in [1.29, 1.82) is 0 Å². The summed E-state index contributed by atoms with van der Waals surface area (Å²) in [5.74, 6) is -2.18. The maximum Gasteiger partial charge on any atom is 0.337 e. The molecule has 1 aromatic heterocycles. The number of pyridine rings is 1. The van der Waals surface area contributed by atoms with Gasteiger partial charge in [0.25, 0.3) is 5.91 Å². The van der Waals surface area contributed by atoms with Gasteiger partial charge in [-0.05, 0) is 32.9 Å². The molecule has 0 saturated carbocycles. The second kappa shape index (κ2) is 6.14. The number of aromatic nitrogens is 1. The van der Waals surface area contributed by atoms with Crippen molar-refractivity contribution in [1.82, 2.24) is 9.88 Å². The van der Waals surface area contributed by atoms with Gasteiger partial charge in [0.2, 0.25) is 5.91 Å². The molecule has 2 amide bonds. The van der Waals surface area contributed by atoms with Gasteiger partial charge in [-0.25, -0.2) is 9.78 Å². The van der Waals surface area contributed by atoms with Crippen LogP contribution in [0.1, 0.15) is 40.4 Å². The Hall–Kier alpha value is -2.44. The van der Waals surface area contributed by atoms with Crippen molar-refractivity contribution in [2.75, 3.05) is 6.54 Å². The predicted octanol–water partition coefficient (Wildman–Crippen LogP) is 0.424. The minimum atomic E-state index is -1.10. The SMILES string of the molecule is Cc1nc(C(=O)N(CC(N)=O)C(C)C)ccc1C(=O)O. The van der Waals surface area contributed by atoms with Crippen molar-refractivity contribution in [2.24, 2.45) is 5.73 Å². The highest BCUT2D eigenvalue weighted by Gasteiger charge is 2.22. The van der Waals surface area contributed by atoms with E-state index >= 15 is 0 Å². The maximum absolute atomic E-state index is 12.3. The highest BCUT2D eigenvalue weighted by atomic mass is 16.4. The Kier molecular flexibility index (Phi) is 4.79. The Labute approximate surface area is 116 Å². The van der Waals surface area contributed by atoms with Crippen molar-refractivity contribution in [2.45, 2.75) is 26.8 Å². The summed E-state index contributed by atoms with van der Waals surface area (Å²) in [6.07, 6.45) is 0. The topological polar surface area (TPSA) is 114 Å². The van der Waals surface area contributed by atoms with E-state index in [1.165, 1.54) is 24.0 Å². The number of hydrogen-bond acceptors (Lipinski definition) is 4. The minimum Gasteiger partial charge on any atom is -0.478 e. The fraction of sp³-hybridized carbons (Fsp3) is 0.385. The lowest BCUT2D eigenvalue weighted by Gasteiger charge is -2.25. The number of nitrogens with two attached hydrogens (primary N) is 1. The van der Waals surface area contributed by atoms with Crippen LogP contribution < -0.4 is 5.73 Å². The predicted molar refractivity (Wildman–Crippen MR) is 71.3 cm³/mol. The van der Waals surface area contributed by atoms with Gasteiger partial charge in [0, 0.05) is 6.04 Å². The van der Waals surface area contributed by atoms with E-state index in [0.717, 1.165) is 0 Å². The zero-order valence-corrected chi connectivity index (χ0v) is 11.6. The monoisotopic (exact) mass is 279 g/mol. The van der Waals surface area contributed by atoms with Crippen molar-refractivity contribution in [3.63, 3.8) is 0 Å². The summed E-state index contributed by atoms with van der Waals surface area (Å²) in [4.78, 5) is 39.4. The van der Waals surface area contributed by atoms with Gasteiger partial charge in [0.1, 0.15) is 5.69 Å². The molecular formula is C13H17N3O4. The van der Waals surface area contributed by atoms with Gasteiger partial charge in [-0.15, -0.1) is 0 Å². The number of hydrogen-bond donors (Lipinski definition) is 2. The molecule has 0 bridgehead atoms. The van der Waals surface area contributed by atoms with Crippen molar-refractivity contribution in [3.8, 4) is 0 Å². The average Bonchev–Trinajstić information content (AvgIpc) is 2.34. The van der Waals surface area contributed by atoms with E-state index in [2.05, 4.69) is 4.98 Å². The van der Waals surface area contributed by atoms with Gasteiger partial charge in [0.15, 0.2) is 0 Å². The fourth-order valence-electron chi connectivity index (χ4n) is 1.71. The minimum absolute atomic E-state index is 0.0348. The molecule has 0 unspecified atom stereocenters. The van der Waals surface area contributed by atoms with E-state index in [4.69, 9.17) is 10.8 Å². The number of amides is 2. The van der Waals surface area contributed by atoms with Crippen LogP contribution in [0.2, 0.25) is 0 Å². The standard InChI is InChI=1S/C13H17N3O4/c1-7(2)16(6-11(14)17)12(18)10-5-4-9(13(19)20)8(3)15-10/h4-5,7H,6H2,1-3H3,(H2,14,17)(H,19,20). The van der Waals surface area contributed by atoms with E-state index in [0.29, 0.717) is 0 Å². The molecule has 7 nitrogen and oxygen atoms in total. The van der Waals surface area contributed by atoms with Crippen LogP contribution in [-0.2, 0) is 4.79 Å². The van der Waals surface area contributed by atoms with Gasteiger partial charge in [-0.2, -0.15) is 0 Å². The summed E-state index contributed by atoms with van der Waals surface area (Å²) >= 11 is 0. The number of carboxylic acids is 1. The molecule has 1 heterocycles. The first-order chi connectivity index (χ1) is 9.23. The van der Waals surface area contributed by atoms with Gasteiger partial charge in [-0.1, -0.05) is 0 Å². The zero-order chi connectivity index (χ0) is 15.4. The molecular weight excluding hydrogens is 262 g/mol. The summed E-state index contributed by atoms with van der Waals surface area (Å²) < 4.78 is 0. The first kappa shape index (κ1) is 15.6. The van der Waals surface area contributed by atoms with E-state index < -0.39 is 17.8 Å². The smallest absolute Gasteiger partial charge is 0.337 e. The van der Waals surface area contributed by atoms with E-state index in [1.54, 1.807) is 13.8 Å². The van der Waals surface area contributed by atoms with Gasteiger partial charge >= 0.3 is 5.97 Å². The Balaban J connectivity index is 3.09. The van der Waals surface area contributed by atoms with Crippen molar-refractivity contribution < 1.29 is 19.5 Å². The van der Waals surface area contributed by atoms with Crippen LogP contribution in [0, 0.1) is 6.92 Å². The molecule has 0 aromatic carbocycles. The second-order valence-electron chi connectivity index (χ2n) is 4.63. The summed E-state index contributed by atoms with van der Waals surface area (Å²) in [6, 6.07) is 2.42. The number of aromatic carboxylic acids is 1. The third-order valence-corrected chi connectivity index (χ3v) is 2.75. The lowest BCUT2D eigenvalue weighted by molar-refractivity contribution is -0.119. The number of primary amides is 1. The van der Waals surface area contributed by atoms with Crippen LogP contribution >= 0.6 is 0 Å². The van der Waals surface area contributed by atoms with Crippen LogP contribution in [0.15, 0.2) is 12.1 Å². The van der Waals surface area contributed by atoms with E-state index in [-0.39, 0.29) is 29.5 Å². The fourth-order valence-corrected chi connectivity index (χ4v) is 1.71. The molecule has 0 atom stereocenters. The largest absolute Gasteiger partial charge is 0.478 e. The van der Waals surface area contributed by atoms with Gasteiger partial charge < -0.3 is 15.7 Å². The van der Waals surface area contributed by atoms with Crippen LogP contribution in [-0.4, -0.2) is 45.4 Å². The Morgan fingerprint density at radius 1 is 1.35 bits per heavy atom. The van der Waals surface area contributed by atoms with Crippen molar-refractivity contribution in [3.05, 3.63) is 29.1 Å². The average molecular weight is 279 g/mol. The lowest BCUT2D eigenvalue weighted by Crippen LogP contribution is -2.43. The van der Waals surface area contributed by atoms with Gasteiger partial charge in [0.05, 0.1) is 17.8 Å². The quantitative estimate of drug-likeness (QED) is 0.811. The highest BCUT2D eigenvalue weighted by molar-refractivity contribution is 5.96. The van der Waals surface area contributed by atoms with E-state index in [1.807, 2.05) is 0 Å². The highest BCUT2D eigenvalue weighted by Crippen LogP contribution is 2.11. The van der Waals surface area contributed by atoms with Crippen LogP contribution in [0.5, 0.6) is 0 Å². The summed E-state index contributed by atoms with van der Waals surface area (Å²) in [5.41, 5.74) is 5.47. The number of carboxylic acid groups (broad SMARTS) is 1. The molecule has 0 aliphatic heterocycles. The first-order valence-corrected chi connectivity index (χ1v) is 6.04. The summed E-state index contributed by atoms with van der Waals surface area (Å²) in [7, 11) is 0. The molecule has 20 heavy (non-hydrogen) atoms. The Morgan fingerprint density at radius 3 is 2.35 bits per heavy atom. The first-order valence-electron chi connectivity index (χ1n) is 6.04. The molecule has 1 rings (SSSR count). The van der Waals surface area contributed by atoms with Crippen LogP contribution in [0.25, 0.3) is 0 Å². The molecule has 0 fully saturated rings. The van der Waals surface area contributed by atoms with E-state index in [9.17, 15) is 14.4 Å². The molecule has 3 N–H and O–H groups in total. The second-order valence-corrected chi connectivity index (χ2v) is 4.63.